The second kappa shape index (κ2) is 4.15. The number of nitrogens with zero attached hydrogens (tertiary/aromatic N) is 1. The Kier molecular flexibility index (Phi) is 2.70. The highest BCUT2D eigenvalue weighted by Gasteiger charge is 2.64. The molecular formula is C16H23NO3. The quantitative estimate of drug-likeness (QED) is 0.641. The second-order valence-electron chi connectivity index (χ2n) is 7.10. The first-order valence-corrected chi connectivity index (χ1v) is 7.93. The third-order valence-electron chi connectivity index (χ3n) is 6.24. The Labute approximate surface area is 119 Å². The summed E-state index contributed by atoms with van der Waals surface area (Å²) in [6.45, 7) is 4.12. The minimum atomic E-state index is -1.00. The Morgan fingerprint density at radius 2 is 2.15 bits per heavy atom. The molecule has 0 aromatic carbocycles. The van der Waals surface area contributed by atoms with Gasteiger partial charge in [0.15, 0.2) is 5.78 Å². The van der Waals surface area contributed by atoms with Crippen molar-refractivity contribution in [3.8, 4) is 0 Å². The van der Waals surface area contributed by atoms with Crippen molar-refractivity contribution >= 4 is 5.78 Å². The van der Waals surface area contributed by atoms with Crippen LogP contribution in [0.2, 0.25) is 0 Å². The van der Waals surface area contributed by atoms with Gasteiger partial charge in [0.2, 0.25) is 0 Å². The Morgan fingerprint density at radius 3 is 2.95 bits per heavy atom. The molecule has 2 N–H and O–H groups in total. The number of carbonyl (C=O) groups is 1. The summed E-state index contributed by atoms with van der Waals surface area (Å²) in [5, 5.41) is 21.0. The van der Waals surface area contributed by atoms with Crippen LogP contribution in [-0.4, -0.2) is 51.7 Å². The van der Waals surface area contributed by atoms with Gasteiger partial charge in [0.1, 0.15) is 6.10 Å². The molecule has 1 saturated heterocycles. The van der Waals surface area contributed by atoms with Gasteiger partial charge in [0.05, 0.1) is 11.6 Å². The standard InChI is InChI=1S/C16H23NO3/c1-9-8-16-10-4-2-6-17(16)7-3-5-11(16)14(19)15(20)12(10)13(9)18/h4,9,11-13,15,18,20H,2-3,5-8H2,1H3/t9-,11+,12-,13+,15-,16+/m0/s1. The molecule has 110 valence electrons. The summed E-state index contributed by atoms with van der Waals surface area (Å²) >= 11 is 0. The number of aliphatic hydroxyl groups is 2. The van der Waals surface area contributed by atoms with Crippen LogP contribution < -0.4 is 0 Å². The van der Waals surface area contributed by atoms with Gasteiger partial charge in [-0.05, 0) is 43.7 Å². The topological polar surface area (TPSA) is 60.8 Å². The molecule has 0 radical (unpaired) electrons. The lowest BCUT2D eigenvalue weighted by Crippen LogP contribution is -2.72. The molecule has 4 nitrogen and oxygen atoms in total. The summed E-state index contributed by atoms with van der Waals surface area (Å²) in [7, 11) is 0. The van der Waals surface area contributed by atoms with Crippen LogP contribution in [0, 0.1) is 17.8 Å². The molecule has 0 unspecified atom stereocenters. The van der Waals surface area contributed by atoms with Crippen LogP contribution in [0.1, 0.15) is 32.6 Å². The number of rotatable bonds is 0. The van der Waals surface area contributed by atoms with E-state index in [-0.39, 0.29) is 29.1 Å². The van der Waals surface area contributed by atoms with Crippen molar-refractivity contribution in [2.24, 2.45) is 17.8 Å². The van der Waals surface area contributed by atoms with E-state index in [0.717, 1.165) is 38.8 Å². The molecule has 20 heavy (non-hydrogen) atoms. The third kappa shape index (κ3) is 1.35. The molecule has 0 aromatic rings. The lowest BCUT2D eigenvalue weighted by molar-refractivity contribution is -0.165. The van der Waals surface area contributed by atoms with Crippen LogP contribution in [0.4, 0.5) is 0 Å². The van der Waals surface area contributed by atoms with Gasteiger partial charge >= 0.3 is 0 Å². The zero-order chi connectivity index (χ0) is 14.1. The number of hydrogen-bond acceptors (Lipinski definition) is 4. The zero-order valence-electron chi connectivity index (χ0n) is 12.0. The van der Waals surface area contributed by atoms with Crippen molar-refractivity contribution < 1.29 is 15.0 Å². The Hall–Kier alpha value is -0.710. The second-order valence-corrected chi connectivity index (χ2v) is 7.10. The predicted molar refractivity (Wildman–Crippen MR) is 74.0 cm³/mol. The van der Waals surface area contributed by atoms with Gasteiger partial charge in [-0.25, -0.2) is 0 Å². The number of carbonyl (C=O) groups excluding carboxylic acids is 1. The van der Waals surface area contributed by atoms with E-state index < -0.39 is 12.2 Å². The van der Waals surface area contributed by atoms with Crippen molar-refractivity contribution in [1.29, 1.82) is 0 Å². The number of hydrogen-bond donors (Lipinski definition) is 2. The Balaban J connectivity index is 1.92. The van der Waals surface area contributed by atoms with E-state index in [9.17, 15) is 15.0 Å². The molecule has 0 amide bonds. The summed E-state index contributed by atoms with van der Waals surface area (Å²) in [6, 6.07) is 0. The maximum Gasteiger partial charge on any atom is 0.167 e. The minimum absolute atomic E-state index is 0.0234. The monoisotopic (exact) mass is 277 g/mol. The highest BCUT2D eigenvalue weighted by Crippen LogP contribution is 2.57. The SMILES string of the molecule is C[C@H]1C[C@]23C4=CCCN2CCC[C@@H]3C(=O)[C@@H](O)[C@@H]4[C@@H]1O. The van der Waals surface area contributed by atoms with Gasteiger partial charge in [-0.2, -0.15) is 0 Å². The molecule has 2 heterocycles. The van der Waals surface area contributed by atoms with Crippen LogP contribution in [0.5, 0.6) is 0 Å². The van der Waals surface area contributed by atoms with E-state index in [4.69, 9.17) is 0 Å². The predicted octanol–water partition coefficient (Wildman–Crippen LogP) is 0.728. The van der Waals surface area contributed by atoms with Crippen molar-refractivity contribution in [1.82, 2.24) is 4.90 Å². The average Bonchev–Trinajstić information content (AvgIpc) is 2.44. The van der Waals surface area contributed by atoms with E-state index >= 15 is 0 Å². The number of Topliss-reactive ketones (excluding diaryl/α,β-unsaturated/α-hetero) is 1. The molecular weight excluding hydrogens is 254 g/mol. The lowest BCUT2D eigenvalue weighted by Gasteiger charge is -2.64. The average molecular weight is 277 g/mol. The van der Waals surface area contributed by atoms with E-state index in [0.29, 0.717) is 0 Å². The molecule has 4 rings (SSSR count). The Morgan fingerprint density at radius 1 is 1.35 bits per heavy atom. The summed E-state index contributed by atoms with van der Waals surface area (Å²) < 4.78 is 0. The highest BCUT2D eigenvalue weighted by molar-refractivity contribution is 5.90. The molecule has 2 bridgehead atoms. The fourth-order valence-corrected chi connectivity index (χ4v) is 5.47. The van der Waals surface area contributed by atoms with Crippen LogP contribution in [0.15, 0.2) is 11.6 Å². The van der Waals surface area contributed by atoms with Gasteiger partial charge in [-0.15, -0.1) is 0 Å². The van der Waals surface area contributed by atoms with E-state index in [1.165, 1.54) is 5.57 Å². The van der Waals surface area contributed by atoms with Crippen molar-refractivity contribution in [2.75, 3.05) is 13.1 Å². The maximum atomic E-state index is 12.6. The molecule has 1 spiro atoms. The molecule has 6 atom stereocenters. The van der Waals surface area contributed by atoms with Crippen molar-refractivity contribution in [3.63, 3.8) is 0 Å². The van der Waals surface area contributed by atoms with E-state index in [1.54, 1.807) is 0 Å². The summed E-state index contributed by atoms with van der Waals surface area (Å²) in [5.41, 5.74) is 0.988. The van der Waals surface area contributed by atoms with E-state index in [1.807, 2.05) is 0 Å². The van der Waals surface area contributed by atoms with Gasteiger partial charge in [0.25, 0.3) is 0 Å². The first kappa shape index (κ1) is 13.0. The highest BCUT2D eigenvalue weighted by atomic mass is 16.3. The smallest absolute Gasteiger partial charge is 0.167 e. The first-order chi connectivity index (χ1) is 9.57. The molecule has 0 aromatic heterocycles. The largest absolute Gasteiger partial charge is 0.392 e. The fraction of sp³-hybridized carbons (Fsp3) is 0.812. The van der Waals surface area contributed by atoms with Gasteiger partial charge in [0, 0.05) is 18.4 Å². The molecule has 4 aliphatic rings. The van der Waals surface area contributed by atoms with Crippen LogP contribution in [0.3, 0.4) is 0 Å². The van der Waals surface area contributed by atoms with Gasteiger partial charge in [-0.3, -0.25) is 9.69 Å². The first-order valence-electron chi connectivity index (χ1n) is 7.93. The molecule has 4 heteroatoms. The van der Waals surface area contributed by atoms with Gasteiger partial charge < -0.3 is 10.2 Å². The van der Waals surface area contributed by atoms with Crippen LogP contribution in [0.25, 0.3) is 0 Å². The van der Waals surface area contributed by atoms with Crippen LogP contribution >= 0.6 is 0 Å². The zero-order valence-corrected chi connectivity index (χ0v) is 12.0. The normalized spacial score (nSPS) is 51.5. The molecule has 2 aliphatic heterocycles. The number of aliphatic hydroxyl groups excluding tert-OH is 2. The fourth-order valence-electron chi connectivity index (χ4n) is 5.47. The maximum absolute atomic E-state index is 12.6. The van der Waals surface area contributed by atoms with Crippen molar-refractivity contribution in [3.05, 3.63) is 11.6 Å². The van der Waals surface area contributed by atoms with Gasteiger partial charge in [-0.1, -0.05) is 13.0 Å². The Bertz CT molecular complexity index is 488. The van der Waals surface area contributed by atoms with Crippen molar-refractivity contribution in [2.45, 2.75) is 50.4 Å². The molecule has 2 aliphatic carbocycles. The minimum Gasteiger partial charge on any atom is -0.392 e. The number of ketones is 1. The number of piperidine rings is 1. The molecule has 2 saturated carbocycles. The van der Waals surface area contributed by atoms with Crippen LogP contribution in [-0.2, 0) is 4.79 Å². The van der Waals surface area contributed by atoms with E-state index in [2.05, 4.69) is 17.9 Å². The summed E-state index contributed by atoms with van der Waals surface area (Å²) in [6.07, 6.45) is 4.38. The molecule has 3 fully saturated rings. The summed E-state index contributed by atoms with van der Waals surface area (Å²) in [5.74, 6) is -0.321. The lowest BCUT2D eigenvalue weighted by atomic mass is 9.50. The summed E-state index contributed by atoms with van der Waals surface area (Å²) in [4.78, 5) is 15.1. The third-order valence-corrected chi connectivity index (χ3v) is 6.24.